The molecular weight excluding hydrogens is 388 g/mol. The third-order valence-corrected chi connectivity index (χ3v) is 8.86. The van der Waals surface area contributed by atoms with Gasteiger partial charge in [-0.05, 0) is 44.9 Å². The quantitative estimate of drug-likeness (QED) is 0.731. The van der Waals surface area contributed by atoms with Crippen LogP contribution in [0.1, 0.15) is 81.9 Å². The van der Waals surface area contributed by atoms with Crippen LogP contribution in [0.5, 0.6) is 0 Å². The van der Waals surface area contributed by atoms with Gasteiger partial charge in [0.2, 0.25) is 15.9 Å². The van der Waals surface area contributed by atoms with Crippen LogP contribution in [0.2, 0.25) is 0 Å². The summed E-state index contributed by atoms with van der Waals surface area (Å²) in [5.74, 6) is 1.68. The molecule has 2 aliphatic heterocycles. The zero-order chi connectivity index (χ0) is 20.8. The number of sulfonamides is 1. The molecule has 8 heteroatoms. The fraction of sp³-hybridized carbons (Fsp3) is 0.762. The maximum absolute atomic E-state index is 13.3. The van der Waals surface area contributed by atoms with Crippen LogP contribution in [0.4, 0.5) is 5.82 Å². The van der Waals surface area contributed by atoms with Gasteiger partial charge in [-0.25, -0.2) is 18.4 Å². The summed E-state index contributed by atoms with van der Waals surface area (Å²) in [4.78, 5) is 23.9. The predicted octanol–water partition coefficient (Wildman–Crippen LogP) is 3.13. The van der Waals surface area contributed by atoms with Crippen molar-refractivity contribution in [1.82, 2.24) is 14.3 Å². The number of hydrogen-bond donors (Lipinski definition) is 0. The van der Waals surface area contributed by atoms with Crippen LogP contribution in [0.3, 0.4) is 0 Å². The Balaban J connectivity index is 1.71. The fourth-order valence-electron chi connectivity index (χ4n) is 4.99. The van der Waals surface area contributed by atoms with Gasteiger partial charge < -0.3 is 0 Å². The molecule has 0 N–H and O–H groups in total. The fourth-order valence-corrected chi connectivity index (χ4v) is 7.24. The van der Waals surface area contributed by atoms with Gasteiger partial charge in [0.05, 0.1) is 11.3 Å². The van der Waals surface area contributed by atoms with E-state index in [0.717, 1.165) is 49.8 Å². The number of aryl methyl sites for hydroxylation is 1. The van der Waals surface area contributed by atoms with E-state index in [0.29, 0.717) is 43.5 Å². The molecule has 0 bridgehead atoms. The molecule has 160 valence electrons. The minimum absolute atomic E-state index is 0.0945. The van der Waals surface area contributed by atoms with E-state index in [4.69, 9.17) is 9.97 Å². The molecule has 1 aromatic rings. The molecule has 2 fully saturated rings. The van der Waals surface area contributed by atoms with Crippen molar-refractivity contribution in [3.8, 4) is 0 Å². The van der Waals surface area contributed by atoms with Crippen molar-refractivity contribution >= 4 is 21.7 Å². The predicted molar refractivity (Wildman–Crippen MR) is 112 cm³/mol. The standard InChI is InChI=1S/C21H32N4O3S/c1-14(2)13-24-19(26)11-10-17-15(3)22-20(23-21(17)24)18-9-6-12-25(18)29(27,28)16-7-4-5-8-16/h14,16,18H,4-13H2,1-3H3/t18-/m1/s1. The Morgan fingerprint density at radius 1 is 1.07 bits per heavy atom. The molecule has 0 radical (unpaired) electrons. The van der Waals surface area contributed by atoms with Crippen molar-refractivity contribution in [3.05, 3.63) is 17.1 Å². The lowest BCUT2D eigenvalue weighted by atomic mass is 10.0. The van der Waals surface area contributed by atoms with E-state index in [-0.39, 0.29) is 17.2 Å². The second-order valence-electron chi connectivity index (χ2n) is 9.09. The first kappa shape index (κ1) is 20.7. The highest BCUT2D eigenvalue weighted by Gasteiger charge is 2.42. The van der Waals surface area contributed by atoms with Crippen LogP contribution in [-0.4, -0.2) is 46.9 Å². The Morgan fingerprint density at radius 3 is 2.48 bits per heavy atom. The summed E-state index contributed by atoms with van der Waals surface area (Å²) in [6, 6.07) is -0.317. The molecule has 0 spiro atoms. The third kappa shape index (κ3) is 3.81. The van der Waals surface area contributed by atoms with E-state index >= 15 is 0 Å². The number of aromatic nitrogens is 2. The maximum atomic E-state index is 13.3. The minimum atomic E-state index is -3.34. The molecule has 1 amide bonds. The van der Waals surface area contributed by atoms with Gasteiger partial charge in [0.25, 0.3) is 0 Å². The van der Waals surface area contributed by atoms with Crippen molar-refractivity contribution in [3.63, 3.8) is 0 Å². The van der Waals surface area contributed by atoms with Gasteiger partial charge in [-0.2, -0.15) is 4.31 Å². The minimum Gasteiger partial charge on any atom is -0.296 e. The van der Waals surface area contributed by atoms with E-state index in [9.17, 15) is 13.2 Å². The number of nitrogens with zero attached hydrogens (tertiary/aromatic N) is 4. The van der Waals surface area contributed by atoms with Crippen molar-refractivity contribution in [1.29, 1.82) is 0 Å². The summed E-state index contributed by atoms with van der Waals surface area (Å²) in [5.41, 5.74) is 1.90. The Morgan fingerprint density at radius 2 is 1.79 bits per heavy atom. The van der Waals surface area contributed by atoms with Crippen LogP contribution >= 0.6 is 0 Å². The monoisotopic (exact) mass is 420 g/mol. The van der Waals surface area contributed by atoms with Gasteiger partial charge >= 0.3 is 0 Å². The zero-order valence-corrected chi connectivity index (χ0v) is 18.5. The molecule has 4 rings (SSSR count). The molecule has 1 saturated heterocycles. The lowest BCUT2D eigenvalue weighted by Gasteiger charge is -2.32. The second-order valence-corrected chi connectivity index (χ2v) is 11.3. The molecule has 3 aliphatic rings. The SMILES string of the molecule is Cc1nc([C@H]2CCCN2S(=O)(=O)C2CCCC2)nc2c1CCC(=O)N2CC(C)C. The molecule has 1 saturated carbocycles. The zero-order valence-electron chi connectivity index (χ0n) is 17.7. The second kappa shape index (κ2) is 7.95. The third-order valence-electron chi connectivity index (χ3n) is 6.45. The lowest BCUT2D eigenvalue weighted by Crippen LogP contribution is -2.40. The summed E-state index contributed by atoms with van der Waals surface area (Å²) in [5, 5.41) is -0.263. The van der Waals surface area contributed by atoms with E-state index in [1.165, 1.54) is 0 Å². The molecule has 0 aromatic carbocycles. The van der Waals surface area contributed by atoms with Crippen LogP contribution in [0.15, 0.2) is 0 Å². The highest BCUT2D eigenvalue weighted by molar-refractivity contribution is 7.89. The van der Waals surface area contributed by atoms with Crippen LogP contribution in [-0.2, 0) is 21.2 Å². The Hall–Kier alpha value is -1.54. The van der Waals surface area contributed by atoms with Crippen LogP contribution in [0, 0.1) is 12.8 Å². The summed E-state index contributed by atoms with van der Waals surface area (Å²) in [6.07, 6.45) is 6.19. The number of carbonyl (C=O) groups is 1. The molecular formula is C21H32N4O3S. The Bertz CT molecular complexity index is 893. The number of hydrogen-bond acceptors (Lipinski definition) is 5. The first-order chi connectivity index (χ1) is 13.8. The molecule has 1 aliphatic carbocycles. The van der Waals surface area contributed by atoms with E-state index < -0.39 is 10.0 Å². The van der Waals surface area contributed by atoms with Gasteiger partial charge in [-0.15, -0.1) is 0 Å². The molecule has 7 nitrogen and oxygen atoms in total. The van der Waals surface area contributed by atoms with Gasteiger partial charge in [0, 0.05) is 30.8 Å². The summed E-state index contributed by atoms with van der Waals surface area (Å²) in [7, 11) is -3.34. The Labute approximate surface area is 173 Å². The normalized spacial score (nSPS) is 23.9. The first-order valence-corrected chi connectivity index (χ1v) is 12.5. The average Bonchev–Trinajstić information content (AvgIpc) is 3.36. The largest absolute Gasteiger partial charge is 0.296 e. The van der Waals surface area contributed by atoms with Crippen molar-refractivity contribution in [2.45, 2.75) is 83.4 Å². The van der Waals surface area contributed by atoms with E-state index in [1.807, 2.05) is 6.92 Å². The smallest absolute Gasteiger partial charge is 0.228 e. The number of anilines is 1. The van der Waals surface area contributed by atoms with Gasteiger partial charge in [0.1, 0.15) is 11.6 Å². The van der Waals surface area contributed by atoms with Crippen LogP contribution < -0.4 is 4.90 Å². The lowest BCUT2D eigenvalue weighted by molar-refractivity contribution is -0.119. The summed E-state index contributed by atoms with van der Waals surface area (Å²) < 4.78 is 28.2. The van der Waals surface area contributed by atoms with Gasteiger partial charge in [0.15, 0.2) is 0 Å². The highest BCUT2D eigenvalue weighted by atomic mass is 32.2. The van der Waals surface area contributed by atoms with Crippen molar-refractivity contribution in [2.75, 3.05) is 18.0 Å². The molecule has 29 heavy (non-hydrogen) atoms. The summed E-state index contributed by atoms with van der Waals surface area (Å²) in [6.45, 7) is 7.29. The van der Waals surface area contributed by atoms with Crippen molar-refractivity contribution in [2.24, 2.45) is 5.92 Å². The Kier molecular flexibility index (Phi) is 5.68. The molecule has 1 aromatic heterocycles. The molecule has 1 atom stereocenters. The maximum Gasteiger partial charge on any atom is 0.228 e. The first-order valence-electron chi connectivity index (χ1n) is 11.0. The van der Waals surface area contributed by atoms with Crippen molar-refractivity contribution < 1.29 is 13.2 Å². The highest BCUT2D eigenvalue weighted by Crippen LogP contribution is 2.39. The molecule has 3 heterocycles. The van der Waals surface area contributed by atoms with Crippen LogP contribution in [0.25, 0.3) is 0 Å². The van der Waals surface area contributed by atoms with Gasteiger partial charge in [-0.1, -0.05) is 26.7 Å². The van der Waals surface area contributed by atoms with Gasteiger partial charge in [-0.3, -0.25) is 9.69 Å². The van der Waals surface area contributed by atoms with E-state index in [2.05, 4.69) is 13.8 Å². The number of amides is 1. The number of carbonyl (C=O) groups excluding carboxylic acids is 1. The molecule has 0 unspecified atom stereocenters. The number of fused-ring (bicyclic) bond motifs is 1. The number of rotatable bonds is 5. The van der Waals surface area contributed by atoms with E-state index in [1.54, 1.807) is 9.21 Å². The average molecular weight is 421 g/mol. The topological polar surface area (TPSA) is 83.5 Å². The summed E-state index contributed by atoms with van der Waals surface area (Å²) >= 11 is 0.